The number of rotatable bonds is 6. The van der Waals surface area contributed by atoms with Crippen molar-refractivity contribution in [3.05, 3.63) is 269 Å². The van der Waals surface area contributed by atoms with Gasteiger partial charge in [-0.05, 0) is 46.2 Å². The summed E-state index contributed by atoms with van der Waals surface area (Å²) >= 11 is 0. The van der Waals surface area contributed by atoms with Gasteiger partial charge in [0.2, 0.25) is 0 Å². The van der Waals surface area contributed by atoms with Gasteiger partial charge in [0, 0.05) is 34.9 Å². The molecule has 9 aromatic rings. The van der Waals surface area contributed by atoms with Gasteiger partial charge in [-0.3, -0.25) is 17.3 Å². The molecule has 0 atom stereocenters. The minimum atomic E-state index is 0. The summed E-state index contributed by atoms with van der Waals surface area (Å²) in [6.45, 7) is 0. The average Bonchev–Trinajstić information content (AvgIpc) is 3.97. The van der Waals surface area contributed by atoms with Crippen LogP contribution in [-0.4, -0.2) is 32.8 Å². The predicted octanol–water partition coefficient (Wildman–Crippen LogP) is 12.7. The molecular formula is C61H42Au2N6. The topological polar surface area (TPSA) is 87.2 Å². The summed E-state index contributed by atoms with van der Waals surface area (Å²) in [4.78, 5) is 23.3. The summed E-state index contributed by atoms with van der Waals surface area (Å²) in [5.41, 5.74) is 15.8. The Morgan fingerprint density at radius 2 is 0.884 bits per heavy atom. The van der Waals surface area contributed by atoms with E-state index >= 15 is 0 Å². The Morgan fingerprint density at radius 3 is 1.35 bits per heavy atom. The minimum absolute atomic E-state index is 0. The predicted molar refractivity (Wildman–Crippen MR) is 271 cm³/mol. The Balaban J connectivity index is 0.000000179. The standard InChI is InChI=1S/C31H24N6.2C15H9.2Au/c32-28(23-13-5-1-6-14-23)36-29(24-15-7-2-8-16-24)33-22-21-27-34-30(25-17-9-3-10-18-25)37-31(35-27)26-19-11-4-12-20-26;2*1-2-11-7-8-15-13(9-11)10-12-5-3-4-6-14(12)15;;/h1-20,22,32H,21H2;2*3-9H,10H2;;/q;2*-1;2*+1. The van der Waals surface area contributed by atoms with Crippen LogP contribution >= 0.6 is 0 Å². The molecule has 2 aliphatic carbocycles. The van der Waals surface area contributed by atoms with Crippen LogP contribution in [0.2, 0.25) is 0 Å². The Kier molecular flexibility index (Phi) is 17.1. The molecule has 11 rings (SSSR count). The van der Waals surface area contributed by atoms with Gasteiger partial charge in [0.25, 0.3) is 0 Å². The van der Waals surface area contributed by atoms with Crippen molar-refractivity contribution in [2.75, 3.05) is 0 Å². The van der Waals surface area contributed by atoms with Gasteiger partial charge in [0.05, 0.1) is 0 Å². The fourth-order valence-corrected chi connectivity index (χ4v) is 8.12. The molecule has 1 N–H and O–H groups in total. The maximum atomic E-state index is 8.46. The first-order valence-corrected chi connectivity index (χ1v) is 22.0. The summed E-state index contributed by atoms with van der Waals surface area (Å²) in [6.07, 6.45) is 18.3. The number of fused-ring (bicyclic) bond motifs is 6. The molecule has 0 spiro atoms. The monoisotopic (exact) mass is 1250 g/mol. The quantitative estimate of drug-likeness (QED) is 0.0592. The SMILES string of the molecule is N=C(N=C(N=CCc1nc(-c2ccccc2)nc(-c2ccccc2)n1)c1ccccc1)c1ccccc1.[Au+].[Au+].[C-]#Cc1ccc2c(c1)Cc1ccccc1-2.[C-]#Cc1ccc2c(c1)Cc1ccccc1-2. The molecule has 0 amide bonds. The van der Waals surface area contributed by atoms with E-state index in [1.165, 1.54) is 44.5 Å². The minimum Gasteiger partial charge on any atom is -0.366 e. The van der Waals surface area contributed by atoms with Crippen molar-refractivity contribution in [1.82, 2.24) is 15.0 Å². The third-order valence-electron chi connectivity index (χ3n) is 11.4. The van der Waals surface area contributed by atoms with Crippen LogP contribution in [0.4, 0.5) is 0 Å². The van der Waals surface area contributed by atoms with Gasteiger partial charge >= 0.3 is 44.8 Å². The number of nitrogens with one attached hydrogen (secondary N) is 1. The molecule has 1 heterocycles. The summed E-state index contributed by atoms with van der Waals surface area (Å²) in [7, 11) is 0. The molecule has 6 nitrogen and oxygen atoms in total. The van der Waals surface area contributed by atoms with Gasteiger partial charge in [0.15, 0.2) is 23.3 Å². The van der Waals surface area contributed by atoms with Gasteiger partial charge in [0.1, 0.15) is 5.82 Å². The van der Waals surface area contributed by atoms with Crippen molar-refractivity contribution in [1.29, 1.82) is 5.41 Å². The largest absolute Gasteiger partial charge is 1.00 e. The van der Waals surface area contributed by atoms with Gasteiger partial charge in [-0.15, -0.1) is 35.4 Å². The Bertz CT molecular complexity index is 3190. The molecule has 0 radical (unpaired) electrons. The molecule has 1 aromatic heterocycles. The molecule has 0 unspecified atom stereocenters. The summed E-state index contributed by atoms with van der Waals surface area (Å²) < 4.78 is 0. The van der Waals surface area contributed by atoms with E-state index in [2.05, 4.69) is 94.6 Å². The zero-order valence-corrected chi connectivity index (χ0v) is 41.5. The molecule has 0 aliphatic heterocycles. The van der Waals surface area contributed by atoms with Crippen molar-refractivity contribution in [2.24, 2.45) is 9.98 Å². The maximum Gasteiger partial charge on any atom is 1.00 e. The Hall–Kier alpha value is -7.62. The number of hydrogen-bond acceptors (Lipinski definition) is 4. The van der Waals surface area contributed by atoms with Crippen LogP contribution < -0.4 is 0 Å². The second-order valence-electron chi connectivity index (χ2n) is 15.8. The van der Waals surface area contributed by atoms with Crippen LogP contribution in [0.25, 0.3) is 45.0 Å². The van der Waals surface area contributed by atoms with Crippen LogP contribution in [0, 0.1) is 30.1 Å². The smallest absolute Gasteiger partial charge is 0.366 e. The van der Waals surface area contributed by atoms with E-state index in [1.54, 1.807) is 6.21 Å². The fraction of sp³-hybridized carbons (Fsp3) is 0.0492. The Morgan fingerprint density at radius 1 is 0.478 bits per heavy atom. The zero-order valence-electron chi connectivity index (χ0n) is 37.2. The van der Waals surface area contributed by atoms with E-state index in [4.69, 9.17) is 33.2 Å². The van der Waals surface area contributed by atoms with E-state index in [1.807, 2.05) is 133 Å². The molecular weight excluding hydrogens is 1210 g/mol. The first-order chi connectivity index (χ1) is 33.0. The van der Waals surface area contributed by atoms with Crippen LogP contribution in [-0.2, 0) is 64.0 Å². The van der Waals surface area contributed by atoms with Crippen molar-refractivity contribution in [2.45, 2.75) is 19.3 Å². The summed E-state index contributed by atoms with van der Waals surface area (Å²) in [5.74, 6) is 7.29. The van der Waals surface area contributed by atoms with Gasteiger partial charge in [-0.1, -0.05) is 193 Å². The third-order valence-corrected chi connectivity index (χ3v) is 11.4. The van der Waals surface area contributed by atoms with E-state index < -0.39 is 0 Å². The van der Waals surface area contributed by atoms with Crippen molar-refractivity contribution < 1.29 is 44.8 Å². The summed E-state index contributed by atoms with van der Waals surface area (Å²) in [6, 6.07) is 68.0. The van der Waals surface area contributed by atoms with Gasteiger partial charge < -0.3 is 12.8 Å². The number of benzene rings is 8. The molecule has 8 heteroatoms. The van der Waals surface area contributed by atoms with E-state index in [0.29, 0.717) is 29.7 Å². The maximum absolute atomic E-state index is 8.46. The molecule has 0 fully saturated rings. The van der Waals surface area contributed by atoms with E-state index in [0.717, 1.165) is 46.2 Å². The van der Waals surface area contributed by atoms with Crippen molar-refractivity contribution in [3.63, 3.8) is 0 Å². The zero-order chi connectivity index (χ0) is 45.8. The van der Waals surface area contributed by atoms with E-state index in [9.17, 15) is 0 Å². The molecule has 2 aliphatic rings. The average molecular weight is 1250 g/mol. The van der Waals surface area contributed by atoms with Crippen LogP contribution in [0.1, 0.15) is 50.3 Å². The van der Waals surface area contributed by atoms with Crippen molar-refractivity contribution in [3.8, 4) is 56.9 Å². The van der Waals surface area contributed by atoms with Crippen molar-refractivity contribution >= 4 is 17.9 Å². The number of aromatic nitrogens is 3. The van der Waals surface area contributed by atoms with Gasteiger partial charge in [-0.25, -0.2) is 24.9 Å². The first kappa shape index (κ1) is 49.3. The molecule has 338 valence electrons. The number of hydrogen-bond donors (Lipinski definition) is 1. The Labute approximate surface area is 435 Å². The molecule has 0 bridgehead atoms. The third kappa shape index (κ3) is 12.1. The number of aliphatic imine (C=N–C) groups is 2. The summed E-state index contributed by atoms with van der Waals surface area (Å²) in [5, 5.41) is 8.46. The fourth-order valence-electron chi connectivity index (χ4n) is 8.12. The first-order valence-electron chi connectivity index (χ1n) is 22.0. The number of nitrogens with zero attached hydrogens (tertiary/aromatic N) is 5. The molecule has 0 saturated heterocycles. The normalized spacial score (nSPS) is 11.2. The van der Waals surface area contributed by atoms with Gasteiger partial charge in [-0.2, -0.15) is 0 Å². The molecule has 69 heavy (non-hydrogen) atoms. The van der Waals surface area contributed by atoms with Crippen LogP contribution in [0.5, 0.6) is 0 Å². The van der Waals surface area contributed by atoms with Crippen LogP contribution in [0.3, 0.4) is 0 Å². The molecule has 8 aromatic carbocycles. The second-order valence-corrected chi connectivity index (χ2v) is 15.8. The second kappa shape index (κ2) is 23.9. The molecule has 0 saturated carbocycles. The number of amidine groups is 2. The van der Waals surface area contributed by atoms with E-state index in [-0.39, 0.29) is 50.6 Å². The van der Waals surface area contributed by atoms with Crippen LogP contribution in [0.15, 0.2) is 216 Å².